The number of nitrogens with one attached hydrogen (secondary N) is 1. The minimum atomic E-state index is 0.564. The van der Waals surface area contributed by atoms with Crippen LogP contribution in [0.15, 0.2) is 0 Å². The second-order valence-electron chi connectivity index (χ2n) is 6.29. The molecule has 0 saturated heterocycles. The van der Waals surface area contributed by atoms with E-state index in [4.69, 9.17) is 4.74 Å². The van der Waals surface area contributed by atoms with Gasteiger partial charge in [0.05, 0.1) is 6.10 Å². The van der Waals surface area contributed by atoms with Gasteiger partial charge >= 0.3 is 0 Å². The average Bonchev–Trinajstić information content (AvgIpc) is 2.39. The largest absolute Gasteiger partial charge is 0.378 e. The van der Waals surface area contributed by atoms with Gasteiger partial charge in [0.25, 0.3) is 0 Å². The first-order valence-electron chi connectivity index (χ1n) is 8.52. The van der Waals surface area contributed by atoms with Crippen LogP contribution >= 0.6 is 0 Å². The van der Waals surface area contributed by atoms with Crippen molar-refractivity contribution in [1.82, 2.24) is 5.32 Å². The maximum Gasteiger partial charge on any atom is 0.0580 e. The van der Waals surface area contributed by atoms with Crippen molar-refractivity contribution >= 4 is 0 Å². The Bertz CT molecular complexity index is 213. The van der Waals surface area contributed by atoms with E-state index in [2.05, 4.69) is 33.1 Å². The van der Waals surface area contributed by atoms with E-state index in [1.807, 2.05) is 0 Å². The molecular formula is C17H35NO. The van der Waals surface area contributed by atoms with E-state index in [-0.39, 0.29) is 0 Å². The number of rotatable bonds is 11. The molecule has 19 heavy (non-hydrogen) atoms. The van der Waals surface area contributed by atoms with Gasteiger partial charge in [0.1, 0.15) is 0 Å². The molecule has 1 saturated carbocycles. The molecule has 2 nitrogen and oxygen atoms in total. The lowest BCUT2D eigenvalue weighted by atomic mass is 9.76. The van der Waals surface area contributed by atoms with Crippen LogP contribution in [0.5, 0.6) is 0 Å². The van der Waals surface area contributed by atoms with Crippen LogP contribution in [0, 0.1) is 11.8 Å². The fourth-order valence-corrected chi connectivity index (χ4v) is 3.36. The van der Waals surface area contributed by atoms with E-state index >= 15 is 0 Å². The van der Waals surface area contributed by atoms with Gasteiger partial charge in [0.15, 0.2) is 0 Å². The summed E-state index contributed by atoms with van der Waals surface area (Å²) >= 11 is 0. The van der Waals surface area contributed by atoms with E-state index in [0.717, 1.165) is 24.5 Å². The molecule has 2 atom stereocenters. The highest BCUT2D eigenvalue weighted by Crippen LogP contribution is 2.35. The first kappa shape index (κ1) is 17.0. The van der Waals surface area contributed by atoms with Crippen LogP contribution in [0.4, 0.5) is 0 Å². The molecule has 0 amide bonds. The zero-order valence-corrected chi connectivity index (χ0v) is 13.6. The lowest BCUT2D eigenvalue weighted by Crippen LogP contribution is -2.37. The molecule has 1 aliphatic rings. The van der Waals surface area contributed by atoms with Crippen LogP contribution in [-0.2, 0) is 4.74 Å². The Morgan fingerprint density at radius 1 is 1.21 bits per heavy atom. The molecule has 0 aromatic carbocycles. The molecule has 114 valence electrons. The molecule has 1 N–H and O–H groups in total. The van der Waals surface area contributed by atoms with Crippen LogP contribution in [-0.4, -0.2) is 25.8 Å². The van der Waals surface area contributed by atoms with Gasteiger partial charge in [-0.15, -0.1) is 0 Å². The topological polar surface area (TPSA) is 21.3 Å². The zero-order chi connectivity index (χ0) is 14.1. The molecule has 2 unspecified atom stereocenters. The molecule has 1 rings (SSSR count). The molecule has 2 heteroatoms. The van der Waals surface area contributed by atoms with Gasteiger partial charge < -0.3 is 10.1 Å². The van der Waals surface area contributed by atoms with Crippen molar-refractivity contribution < 1.29 is 4.74 Å². The van der Waals surface area contributed by atoms with Crippen LogP contribution < -0.4 is 5.32 Å². The van der Waals surface area contributed by atoms with Gasteiger partial charge in [-0.2, -0.15) is 0 Å². The molecule has 0 heterocycles. The Hall–Kier alpha value is -0.0800. The molecule has 0 spiro atoms. The summed E-state index contributed by atoms with van der Waals surface area (Å²) in [4.78, 5) is 0. The second kappa shape index (κ2) is 9.77. The lowest BCUT2D eigenvalue weighted by molar-refractivity contribution is -0.0294. The fourth-order valence-electron chi connectivity index (χ4n) is 3.36. The van der Waals surface area contributed by atoms with Crippen LogP contribution in [0.25, 0.3) is 0 Å². The van der Waals surface area contributed by atoms with E-state index in [9.17, 15) is 0 Å². The van der Waals surface area contributed by atoms with Crippen molar-refractivity contribution in [2.24, 2.45) is 11.8 Å². The minimum absolute atomic E-state index is 0.564. The van der Waals surface area contributed by atoms with E-state index < -0.39 is 0 Å². The maximum atomic E-state index is 5.66. The van der Waals surface area contributed by atoms with Crippen LogP contribution in [0.1, 0.15) is 72.1 Å². The summed E-state index contributed by atoms with van der Waals surface area (Å²) in [6.45, 7) is 7.62. The monoisotopic (exact) mass is 269 g/mol. The Labute approximate surface area is 120 Å². The number of ether oxygens (including phenoxy) is 1. The Kier molecular flexibility index (Phi) is 8.72. The van der Waals surface area contributed by atoms with Gasteiger partial charge in [-0.1, -0.05) is 39.5 Å². The van der Waals surface area contributed by atoms with Gasteiger partial charge in [-0.05, 0) is 51.5 Å². The van der Waals surface area contributed by atoms with Gasteiger partial charge in [-0.25, -0.2) is 0 Å². The minimum Gasteiger partial charge on any atom is -0.378 e. The second-order valence-corrected chi connectivity index (χ2v) is 6.29. The summed E-state index contributed by atoms with van der Waals surface area (Å²) in [5.41, 5.74) is 0. The standard InChI is InChI=1S/C17H35NO/c1-5-8-9-14(6-2)10-16(18-4)11-15-12-17(13-15)19-7-3/h14-18H,5-13H2,1-4H3. The first-order valence-corrected chi connectivity index (χ1v) is 8.52. The maximum absolute atomic E-state index is 5.66. The predicted octanol–water partition coefficient (Wildman–Crippen LogP) is 4.39. The Morgan fingerprint density at radius 2 is 1.95 bits per heavy atom. The summed E-state index contributed by atoms with van der Waals surface area (Å²) in [5.74, 6) is 1.82. The van der Waals surface area contributed by atoms with Gasteiger partial charge in [0, 0.05) is 12.6 Å². The van der Waals surface area contributed by atoms with Crippen molar-refractivity contribution in [2.75, 3.05) is 13.7 Å². The van der Waals surface area contributed by atoms with Crippen molar-refractivity contribution in [3.8, 4) is 0 Å². The number of hydrogen-bond donors (Lipinski definition) is 1. The third kappa shape index (κ3) is 6.27. The molecule has 0 radical (unpaired) electrons. The summed E-state index contributed by atoms with van der Waals surface area (Å²) in [6.07, 6.45) is 11.3. The molecule has 1 aliphatic carbocycles. The predicted molar refractivity (Wildman–Crippen MR) is 83.5 cm³/mol. The van der Waals surface area contributed by atoms with Crippen LogP contribution in [0.3, 0.4) is 0 Å². The summed E-state index contributed by atoms with van der Waals surface area (Å²) in [7, 11) is 2.13. The van der Waals surface area contributed by atoms with E-state index in [0.29, 0.717) is 6.10 Å². The summed E-state index contributed by atoms with van der Waals surface area (Å²) in [6, 6.07) is 0.717. The van der Waals surface area contributed by atoms with E-state index in [1.165, 1.54) is 51.4 Å². The SMILES string of the molecule is CCCCC(CC)CC(CC1CC(OCC)C1)NC. The molecule has 1 fully saturated rings. The van der Waals surface area contributed by atoms with Crippen molar-refractivity contribution in [2.45, 2.75) is 84.3 Å². The highest BCUT2D eigenvalue weighted by molar-refractivity contribution is 4.84. The van der Waals surface area contributed by atoms with Gasteiger partial charge in [-0.3, -0.25) is 0 Å². The highest BCUT2D eigenvalue weighted by Gasteiger charge is 2.31. The van der Waals surface area contributed by atoms with Gasteiger partial charge in [0.2, 0.25) is 0 Å². The highest BCUT2D eigenvalue weighted by atomic mass is 16.5. The third-order valence-electron chi connectivity index (χ3n) is 4.78. The normalized spacial score (nSPS) is 25.9. The fraction of sp³-hybridized carbons (Fsp3) is 1.00. The van der Waals surface area contributed by atoms with Crippen LogP contribution in [0.2, 0.25) is 0 Å². The van der Waals surface area contributed by atoms with Crippen molar-refractivity contribution in [1.29, 1.82) is 0 Å². The number of unbranched alkanes of at least 4 members (excludes halogenated alkanes) is 1. The molecular weight excluding hydrogens is 234 g/mol. The molecule has 0 aliphatic heterocycles. The molecule has 0 aromatic rings. The average molecular weight is 269 g/mol. The summed E-state index contributed by atoms with van der Waals surface area (Å²) < 4.78 is 5.66. The smallest absolute Gasteiger partial charge is 0.0580 e. The quantitative estimate of drug-likeness (QED) is 0.601. The van der Waals surface area contributed by atoms with E-state index in [1.54, 1.807) is 0 Å². The first-order chi connectivity index (χ1) is 9.23. The number of hydrogen-bond acceptors (Lipinski definition) is 2. The lowest BCUT2D eigenvalue weighted by Gasteiger charge is -2.37. The molecule has 0 aromatic heterocycles. The summed E-state index contributed by atoms with van der Waals surface area (Å²) in [5, 5.41) is 3.55. The van der Waals surface area contributed by atoms with Crippen molar-refractivity contribution in [3.05, 3.63) is 0 Å². The Balaban J connectivity index is 2.21. The third-order valence-corrected chi connectivity index (χ3v) is 4.78. The molecule has 0 bridgehead atoms. The Morgan fingerprint density at radius 3 is 2.47 bits per heavy atom. The van der Waals surface area contributed by atoms with Crippen molar-refractivity contribution in [3.63, 3.8) is 0 Å². The zero-order valence-electron chi connectivity index (χ0n) is 13.6.